The first kappa shape index (κ1) is 20.7. The van der Waals surface area contributed by atoms with Crippen LogP contribution in [-0.4, -0.2) is 55.0 Å². The standard InChI is InChI=1S/C21H24ClF2N3O/c22-19-2-1-3-20(24)18(19)14-26-10-12-27(13-11-26)15-21(28)25-9-8-16-4-6-17(23)7-5-16/h1-7H,8-15H2,(H,25,28). The van der Waals surface area contributed by atoms with Gasteiger partial charge in [-0.15, -0.1) is 0 Å². The normalized spacial score (nSPS) is 15.5. The molecule has 2 aromatic carbocycles. The molecule has 0 radical (unpaired) electrons. The summed E-state index contributed by atoms with van der Waals surface area (Å²) in [6.07, 6.45) is 0.670. The summed E-state index contributed by atoms with van der Waals surface area (Å²) in [4.78, 5) is 16.4. The predicted molar refractivity (Wildman–Crippen MR) is 106 cm³/mol. The maximum atomic E-state index is 13.9. The Labute approximate surface area is 169 Å². The molecule has 3 rings (SSSR count). The first-order valence-electron chi connectivity index (χ1n) is 9.40. The quantitative estimate of drug-likeness (QED) is 0.766. The summed E-state index contributed by atoms with van der Waals surface area (Å²) in [7, 11) is 0. The van der Waals surface area contributed by atoms with Crippen LogP contribution in [0.4, 0.5) is 8.78 Å². The van der Waals surface area contributed by atoms with Gasteiger partial charge >= 0.3 is 0 Å². The van der Waals surface area contributed by atoms with Crippen LogP contribution in [0.1, 0.15) is 11.1 Å². The second kappa shape index (κ2) is 9.96. The fourth-order valence-corrected chi connectivity index (χ4v) is 3.49. The van der Waals surface area contributed by atoms with Crippen molar-refractivity contribution in [2.24, 2.45) is 0 Å². The molecule has 0 atom stereocenters. The van der Waals surface area contributed by atoms with Gasteiger partial charge < -0.3 is 5.32 Å². The number of benzene rings is 2. The lowest BCUT2D eigenvalue weighted by atomic mass is 10.1. The van der Waals surface area contributed by atoms with Crippen LogP contribution in [0.5, 0.6) is 0 Å². The van der Waals surface area contributed by atoms with Crippen molar-refractivity contribution in [3.05, 3.63) is 70.2 Å². The van der Waals surface area contributed by atoms with Crippen LogP contribution in [-0.2, 0) is 17.8 Å². The van der Waals surface area contributed by atoms with E-state index in [0.717, 1.165) is 31.7 Å². The molecule has 0 spiro atoms. The fraction of sp³-hybridized carbons (Fsp3) is 0.381. The van der Waals surface area contributed by atoms with Gasteiger partial charge in [0.25, 0.3) is 0 Å². The molecular formula is C21H24ClF2N3O. The van der Waals surface area contributed by atoms with Crippen LogP contribution in [0.2, 0.25) is 5.02 Å². The van der Waals surface area contributed by atoms with Gasteiger partial charge in [-0.3, -0.25) is 14.6 Å². The van der Waals surface area contributed by atoms with Crippen LogP contribution in [0, 0.1) is 11.6 Å². The number of hydrogen-bond acceptors (Lipinski definition) is 3. The summed E-state index contributed by atoms with van der Waals surface area (Å²) < 4.78 is 26.8. The Morgan fingerprint density at radius 2 is 1.68 bits per heavy atom. The Bertz CT molecular complexity index is 772. The number of amides is 1. The van der Waals surface area contributed by atoms with Crippen LogP contribution in [0.3, 0.4) is 0 Å². The number of carbonyl (C=O) groups excluding carboxylic acids is 1. The molecule has 1 N–H and O–H groups in total. The van der Waals surface area contributed by atoms with E-state index in [9.17, 15) is 13.6 Å². The molecule has 1 amide bonds. The number of hydrogen-bond donors (Lipinski definition) is 1. The fourth-order valence-electron chi connectivity index (χ4n) is 3.27. The number of rotatable bonds is 7. The van der Waals surface area contributed by atoms with E-state index in [1.54, 1.807) is 24.3 Å². The van der Waals surface area contributed by atoms with Gasteiger partial charge in [0.2, 0.25) is 5.91 Å². The minimum Gasteiger partial charge on any atom is -0.355 e. The molecule has 0 unspecified atom stereocenters. The van der Waals surface area contributed by atoms with E-state index < -0.39 is 0 Å². The summed E-state index contributed by atoms with van der Waals surface area (Å²) in [5.74, 6) is -0.563. The molecule has 4 nitrogen and oxygen atoms in total. The number of carbonyl (C=O) groups is 1. The second-order valence-corrected chi connectivity index (χ2v) is 7.39. The number of nitrogens with zero attached hydrogens (tertiary/aromatic N) is 2. The van der Waals surface area contributed by atoms with Gasteiger partial charge in [-0.05, 0) is 36.2 Å². The molecule has 0 aromatic heterocycles. The largest absolute Gasteiger partial charge is 0.355 e. The minimum absolute atomic E-state index is 0.0206. The molecule has 7 heteroatoms. The zero-order chi connectivity index (χ0) is 19.9. The van der Waals surface area contributed by atoms with Crippen LogP contribution in [0.25, 0.3) is 0 Å². The van der Waals surface area contributed by atoms with Crippen LogP contribution in [0.15, 0.2) is 42.5 Å². The highest BCUT2D eigenvalue weighted by Crippen LogP contribution is 2.21. The van der Waals surface area contributed by atoms with E-state index >= 15 is 0 Å². The molecule has 0 saturated carbocycles. The Hall–Kier alpha value is -2.02. The van der Waals surface area contributed by atoms with Crippen LogP contribution < -0.4 is 5.32 Å². The molecule has 0 bridgehead atoms. The highest BCUT2D eigenvalue weighted by molar-refractivity contribution is 6.31. The average molecular weight is 408 g/mol. The van der Waals surface area contributed by atoms with Crippen molar-refractivity contribution < 1.29 is 13.6 Å². The van der Waals surface area contributed by atoms with Gasteiger partial charge in [-0.25, -0.2) is 8.78 Å². The summed E-state index contributed by atoms with van der Waals surface area (Å²) in [6, 6.07) is 11.0. The smallest absolute Gasteiger partial charge is 0.234 e. The van der Waals surface area contributed by atoms with Crippen molar-refractivity contribution in [2.75, 3.05) is 39.3 Å². The molecule has 1 aliphatic rings. The van der Waals surface area contributed by atoms with E-state index in [4.69, 9.17) is 11.6 Å². The second-order valence-electron chi connectivity index (χ2n) is 6.98. The molecular weight excluding hydrogens is 384 g/mol. The lowest BCUT2D eigenvalue weighted by Gasteiger charge is -2.34. The van der Waals surface area contributed by atoms with Gasteiger partial charge in [0.15, 0.2) is 0 Å². The molecule has 0 aliphatic carbocycles. The Morgan fingerprint density at radius 1 is 1.00 bits per heavy atom. The summed E-state index contributed by atoms with van der Waals surface area (Å²) in [6.45, 7) is 4.35. The molecule has 28 heavy (non-hydrogen) atoms. The first-order valence-corrected chi connectivity index (χ1v) is 9.78. The zero-order valence-electron chi connectivity index (χ0n) is 15.6. The highest BCUT2D eigenvalue weighted by Gasteiger charge is 2.20. The molecule has 1 aliphatic heterocycles. The third kappa shape index (κ3) is 5.99. The van der Waals surface area contributed by atoms with Gasteiger partial charge in [-0.1, -0.05) is 29.8 Å². The van der Waals surface area contributed by atoms with Crippen LogP contribution >= 0.6 is 11.6 Å². The summed E-state index contributed by atoms with van der Waals surface area (Å²) in [5.41, 5.74) is 1.51. The van der Waals surface area contributed by atoms with E-state index in [0.29, 0.717) is 36.6 Å². The van der Waals surface area contributed by atoms with Gasteiger partial charge in [0, 0.05) is 49.9 Å². The summed E-state index contributed by atoms with van der Waals surface area (Å²) in [5, 5.41) is 3.35. The zero-order valence-corrected chi connectivity index (χ0v) is 16.4. The number of halogens is 3. The lowest BCUT2D eigenvalue weighted by molar-refractivity contribution is -0.122. The first-order chi connectivity index (χ1) is 13.5. The van der Waals surface area contributed by atoms with E-state index in [1.807, 2.05) is 0 Å². The molecule has 1 saturated heterocycles. The Kier molecular flexibility index (Phi) is 7.36. The number of nitrogens with one attached hydrogen (secondary N) is 1. The van der Waals surface area contributed by atoms with Crippen molar-refractivity contribution in [3.8, 4) is 0 Å². The third-order valence-corrected chi connectivity index (χ3v) is 5.28. The van der Waals surface area contributed by atoms with E-state index in [2.05, 4.69) is 15.1 Å². The van der Waals surface area contributed by atoms with Crippen molar-refractivity contribution in [1.82, 2.24) is 15.1 Å². The Morgan fingerprint density at radius 3 is 2.36 bits per heavy atom. The average Bonchev–Trinajstić information content (AvgIpc) is 2.68. The SMILES string of the molecule is O=C(CN1CCN(Cc2c(F)cccc2Cl)CC1)NCCc1ccc(F)cc1. The van der Waals surface area contributed by atoms with E-state index in [-0.39, 0.29) is 17.5 Å². The maximum Gasteiger partial charge on any atom is 0.234 e. The van der Waals surface area contributed by atoms with Crippen molar-refractivity contribution >= 4 is 17.5 Å². The molecule has 150 valence electrons. The molecule has 1 heterocycles. The van der Waals surface area contributed by atoms with Crippen molar-refractivity contribution in [1.29, 1.82) is 0 Å². The van der Waals surface area contributed by atoms with Gasteiger partial charge in [-0.2, -0.15) is 0 Å². The highest BCUT2D eigenvalue weighted by atomic mass is 35.5. The van der Waals surface area contributed by atoms with Crippen molar-refractivity contribution in [3.63, 3.8) is 0 Å². The van der Waals surface area contributed by atoms with E-state index in [1.165, 1.54) is 18.2 Å². The summed E-state index contributed by atoms with van der Waals surface area (Å²) >= 11 is 6.10. The lowest BCUT2D eigenvalue weighted by Crippen LogP contribution is -2.49. The predicted octanol–water partition coefficient (Wildman–Crippen LogP) is 3.09. The number of piperazine rings is 1. The Balaban J connectivity index is 1.36. The van der Waals surface area contributed by atoms with Gasteiger partial charge in [0.05, 0.1) is 6.54 Å². The monoisotopic (exact) mass is 407 g/mol. The molecule has 1 fully saturated rings. The topological polar surface area (TPSA) is 35.6 Å². The van der Waals surface area contributed by atoms with Crippen molar-refractivity contribution in [2.45, 2.75) is 13.0 Å². The minimum atomic E-state index is -0.282. The maximum absolute atomic E-state index is 13.9. The van der Waals surface area contributed by atoms with Gasteiger partial charge in [0.1, 0.15) is 11.6 Å². The third-order valence-electron chi connectivity index (χ3n) is 4.92. The molecule has 2 aromatic rings.